The van der Waals surface area contributed by atoms with Gasteiger partial charge in [0, 0.05) is 32.0 Å². The van der Waals surface area contributed by atoms with Gasteiger partial charge in [0.15, 0.2) is 11.8 Å². The highest BCUT2D eigenvalue weighted by Crippen LogP contribution is 2.10. The second-order valence-electron chi connectivity index (χ2n) is 5.59. The Morgan fingerprint density at radius 2 is 2.14 bits per heavy atom. The molecule has 0 saturated carbocycles. The maximum Gasteiger partial charge on any atom is 0.226 e. The highest BCUT2D eigenvalue weighted by Gasteiger charge is 2.12. The smallest absolute Gasteiger partial charge is 0.226 e. The molecule has 22 heavy (non-hydrogen) atoms. The third kappa shape index (κ3) is 5.94. The van der Waals surface area contributed by atoms with Crippen LogP contribution in [0.1, 0.15) is 50.7 Å². The summed E-state index contributed by atoms with van der Waals surface area (Å²) in [5.41, 5.74) is 0. The highest BCUT2D eigenvalue weighted by molar-refractivity contribution is 14.0. The van der Waals surface area contributed by atoms with Crippen LogP contribution in [0.2, 0.25) is 0 Å². The third-order valence-electron chi connectivity index (χ3n) is 3.43. The van der Waals surface area contributed by atoms with Crippen LogP contribution in [0.5, 0.6) is 0 Å². The van der Waals surface area contributed by atoms with E-state index in [9.17, 15) is 0 Å². The number of hydrogen-bond donors (Lipinski definition) is 2. The van der Waals surface area contributed by atoms with Crippen molar-refractivity contribution in [1.82, 2.24) is 20.8 Å². The van der Waals surface area contributed by atoms with Gasteiger partial charge in [-0.25, -0.2) is 0 Å². The summed E-state index contributed by atoms with van der Waals surface area (Å²) >= 11 is 0. The Balaban J connectivity index is 0.00000242. The lowest BCUT2D eigenvalue weighted by atomic mass is 10.2. The van der Waals surface area contributed by atoms with E-state index in [4.69, 9.17) is 4.52 Å². The summed E-state index contributed by atoms with van der Waals surface area (Å²) in [4.78, 5) is 8.61. The van der Waals surface area contributed by atoms with Crippen molar-refractivity contribution in [2.24, 2.45) is 4.99 Å². The van der Waals surface area contributed by atoms with E-state index in [-0.39, 0.29) is 24.0 Å². The molecule has 1 aliphatic carbocycles. The average Bonchev–Trinajstić information content (AvgIpc) is 3.13. The molecule has 0 aromatic carbocycles. The highest BCUT2D eigenvalue weighted by atomic mass is 127. The Labute approximate surface area is 149 Å². The SMILES string of the molecule is CN=C(NCCCc1nc(C(C)C)no1)NC1CC=CC1.I. The average molecular weight is 419 g/mol. The van der Waals surface area contributed by atoms with Crippen LogP contribution < -0.4 is 10.6 Å². The van der Waals surface area contributed by atoms with Crippen molar-refractivity contribution in [3.63, 3.8) is 0 Å². The zero-order valence-electron chi connectivity index (χ0n) is 13.5. The minimum absolute atomic E-state index is 0. The second kappa shape index (κ2) is 9.81. The fraction of sp³-hybridized carbons (Fsp3) is 0.667. The van der Waals surface area contributed by atoms with Crippen molar-refractivity contribution in [2.75, 3.05) is 13.6 Å². The largest absolute Gasteiger partial charge is 0.356 e. The summed E-state index contributed by atoms with van der Waals surface area (Å²) in [6, 6.07) is 0.473. The van der Waals surface area contributed by atoms with Crippen LogP contribution in [0.25, 0.3) is 0 Å². The van der Waals surface area contributed by atoms with Gasteiger partial charge < -0.3 is 15.2 Å². The van der Waals surface area contributed by atoms with Crippen molar-refractivity contribution in [2.45, 2.75) is 51.5 Å². The number of aromatic nitrogens is 2. The molecule has 1 heterocycles. The van der Waals surface area contributed by atoms with Crippen molar-refractivity contribution >= 4 is 29.9 Å². The topological polar surface area (TPSA) is 75.3 Å². The van der Waals surface area contributed by atoms with E-state index < -0.39 is 0 Å². The Kier molecular flexibility index (Phi) is 8.44. The molecule has 0 radical (unpaired) electrons. The molecule has 0 amide bonds. The fourth-order valence-corrected chi connectivity index (χ4v) is 2.17. The molecule has 0 bridgehead atoms. The first kappa shape index (κ1) is 18.9. The predicted molar refractivity (Wildman–Crippen MR) is 98.8 cm³/mol. The summed E-state index contributed by atoms with van der Waals surface area (Å²) in [6.45, 7) is 4.95. The Bertz CT molecular complexity index is 490. The van der Waals surface area contributed by atoms with E-state index in [1.54, 1.807) is 7.05 Å². The van der Waals surface area contributed by atoms with E-state index >= 15 is 0 Å². The third-order valence-corrected chi connectivity index (χ3v) is 3.43. The Morgan fingerprint density at radius 3 is 2.73 bits per heavy atom. The first-order chi connectivity index (χ1) is 10.2. The lowest BCUT2D eigenvalue weighted by Crippen LogP contribution is -2.42. The van der Waals surface area contributed by atoms with E-state index in [1.807, 2.05) is 0 Å². The van der Waals surface area contributed by atoms with Gasteiger partial charge in [0.05, 0.1) is 0 Å². The molecule has 0 aliphatic heterocycles. The van der Waals surface area contributed by atoms with Crippen LogP contribution >= 0.6 is 24.0 Å². The Hall–Kier alpha value is -1.12. The van der Waals surface area contributed by atoms with Gasteiger partial charge >= 0.3 is 0 Å². The molecule has 2 N–H and O–H groups in total. The minimum atomic E-state index is 0. The molecule has 0 spiro atoms. The summed E-state index contributed by atoms with van der Waals surface area (Å²) < 4.78 is 5.22. The van der Waals surface area contributed by atoms with E-state index in [0.29, 0.717) is 17.9 Å². The first-order valence-corrected chi connectivity index (χ1v) is 7.63. The molecule has 7 heteroatoms. The van der Waals surface area contributed by atoms with Crippen LogP contribution in [-0.2, 0) is 6.42 Å². The van der Waals surface area contributed by atoms with Gasteiger partial charge in [0.2, 0.25) is 5.89 Å². The molecule has 124 valence electrons. The van der Waals surface area contributed by atoms with Gasteiger partial charge in [-0.1, -0.05) is 31.2 Å². The second-order valence-corrected chi connectivity index (χ2v) is 5.59. The zero-order valence-corrected chi connectivity index (χ0v) is 15.8. The molecular formula is C15H26IN5O. The summed E-state index contributed by atoms with van der Waals surface area (Å²) in [5.74, 6) is 2.66. The number of hydrogen-bond acceptors (Lipinski definition) is 4. The van der Waals surface area contributed by atoms with Gasteiger partial charge in [-0.15, -0.1) is 24.0 Å². The summed E-state index contributed by atoms with van der Waals surface area (Å²) in [6.07, 6.45) is 8.26. The quantitative estimate of drug-likeness (QED) is 0.244. The predicted octanol–water partition coefficient (Wildman–Crippen LogP) is 2.63. The first-order valence-electron chi connectivity index (χ1n) is 7.63. The number of aliphatic imine (C=N–C) groups is 1. The molecule has 1 aromatic rings. The van der Waals surface area contributed by atoms with Crippen molar-refractivity contribution < 1.29 is 4.52 Å². The van der Waals surface area contributed by atoms with Crippen molar-refractivity contribution in [1.29, 1.82) is 0 Å². The summed E-state index contributed by atoms with van der Waals surface area (Å²) in [7, 11) is 1.80. The molecule has 0 unspecified atom stereocenters. The van der Waals surface area contributed by atoms with E-state index in [2.05, 4.69) is 51.8 Å². The monoisotopic (exact) mass is 419 g/mol. The maximum atomic E-state index is 5.22. The molecule has 0 atom stereocenters. The van der Waals surface area contributed by atoms with Crippen LogP contribution in [0.4, 0.5) is 0 Å². The van der Waals surface area contributed by atoms with Gasteiger partial charge in [0.1, 0.15) is 0 Å². The lowest BCUT2D eigenvalue weighted by Gasteiger charge is -2.16. The minimum Gasteiger partial charge on any atom is -0.356 e. The maximum absolute atomic E-state index is 5.22. The molecule has 1 aliphatic rings. The van der Waals surface area contributed by atoms with Gasteiger partial charge in [-0.3, -0.25) is 4.99 Å². The number of rotatable bonds is 6. The standard InChI is InChI=1S/C15H25N5O.HI/c1-11(2)14-19-13(21-20-14)9-6-10-17-15(16-3)18-12-7-4-5-8-12;/h4-5,11-12H,6-10H2,1-3H3,(H2,16,17,18);1H. The number of halogens is 1. The summed E-state index contributed by atoms with van der Waals surface area (Å²) in [5, 5.41) is 10.7. The van der Waals surface area contributed by atoms with Crippen LogP contribution in [0, 0.1) is 0 Å². The number of aryl methyl sites for hydroxylation is 1. The number of guanidine groups is 1. The molecule has 0 saturated heterocycles. The van der Waals surface area contributed by atoms with Gasteiger partial charge in [0.25, 0.3) is 0 Å². The molecule has 2 rings (SSSR count). The fourth-order valence-electron chi connectivity index (χ4n) is 2.17. The van der Waals surface area contributed by atoms with Crippen molar-refractivity contribution in [3.05, 3.63) is 23.9 Å². The van der Waals surface area contributed by atoms with Gasteiger partial charge in [-0.2, -0.15) is 4.98 Å². The van der Waals surface area contributed by atoms with Gasteiger partial charge in [-0.05, 0) is 19.3 Å². The zero-order chi connectivity index (χ0) is 15.1. The van der Waals surface area contributed by atoms with Crippen molar-refractivity contribution in [3.8, 4) is 0 Å². The molecule has 0 fully saturated rings. The van der Waals surface area contributed by atoms with E-state index in [1.165, 1.54) is 0 Å². The Morgan fingerprint density at radius 1 is 1.41 bits per heavy atom. The number of nitrogens with zero attached hydrogens (tertiary/aromatic N) is 3. The van der Waals surface area contributed by atoms with E-state index in [0.717, 1.165) is 44.0 Å². The van der Waals surface area contributed by atoms with Crippen LogP contribution in [0.3, 0.4) is 0 Å². The normalized spacial score (nSPS) is 15.2. The van der Waals surface area contributed by atoms with Crippen LogP contribution in [-0.4, -0.2) is 35.7 Å². The van der Waals surface area contributed by atoms with Crippen LogP contribution in [0.15, 0.2) is 21.7 Å². The molecule has 1 aromatic heterocycles. The number of nitrogens with one attached hydrogen (secondary N) is 2. The molecule has 6 nitrogen and oxygen atoms in total. The molecular weight excluding hydrogens is 393 g/mol. The lowest BCUT2D eigenvalue weighted by molar-refractivity contribution is 0.368.